The number of anilines is 1. The fraction of sp³-hybridized carbons (Fsp3) is 0.0741. The zero-order valence-corrected chi connectivity index (χ0v) is 23.6. The van der Waals surface area contributed by atoms with Gasteiger partial charge in [-0.3, -0.25) is 9.52 Å². The minimum Gasteiger partial charge on any atom is -0.456 e. The largest absolute Gasteiger partial charge is 0.456 e. The van der Waals surface area contributed by atoms with Crippen molar-refractivity contribution in [3.63, 3.8) is 0 Å². The maximum absolute atomic E-state index is 13.1. The number of amides is 1. The molecule has 0 unspecified atom stereocenters. The standard InChI is InChI=1S/C27H20Cl4N2O4S/c1-16(21-12-6-18(29)15-24(21)31)32-27(34)22-14-17(28)7-13-25(22)33-38(35,36)20-10-8-19(9-11-20)37-26-5-3-2-4-23(26)30/h2-16,33H,1H3,(H,32,34)/t16-/m0/s1. The Labute approximate surface area is 240 Å². The number of para-hydroxylation sites is 1. The summed E-state index contributed by atoms with van der Waals surface area (Å²) in [6.07, 6.45) is 0. The third-order valence-electron chi connectivity index (χ3n) is 5.45. The van der Waals surface area contributed by atoms with Gasteiger partial charge in [0.05, 0.1) is 27.2 Å². The quantitative estimate of drug-likeness (QED) is 0.210. The number of ether oxygens (including phenoxy) is 1. The van der Waals surface area contributed by atoms with Crippen molar-refractivity contribution >= 4 is 68.0 Å². The van der Waals surface area contributed by atoms with Crippen molar-refractivity contribution in [2.75, 3.05) is 4.72 Å². The first kappa shape index (κ1) is 28.1. The Kier molecular flexibility index (Phi) is 8.75. The van der Waals surface area contributed by atoms with Crippen LogP contribution in [0.15, 0.2) is 89.8 Å². The molecule has 0 bridgehead atoms. The summed E-state index contributed by atoms with van der Waals surface area (Å²) in [6, 6.07) is 21.4. The molecule has 11 heteroatoms. The first-order chi connectivity index (χ1) is 18.0. The van der Waals surface area contributed by atoms with E-state index in [1.165, 1.54) is 42.5 Å². The summed E-state index contributed by atoms with van der Waals surface area (Å²) in [6.45, 7) is 1.74. The van der Waals surface area contributed by atoms with Gasteiger partial charge in [0.15, 0.2) is 0 Å². The van der Waals surface area contributed by atoms with Gasteiger partial charge in [0.1, 0.15) is 11.5 Å². The number of hydrogen-bond donors (Lipinski definition) is 2. The van der Waals surface area contributed by atoms with Crippen molar-refractivity contribution in [3.05, 3.63) is 116 Å². The number of carbonyl (C=O) groups excluding carboxylic acids is 1. The van der Waals surface area contributed by atoms with Crippen molar-refractivity contribution < 1.29 is 17.9 Å². The Hall–Kier alpha value is -2.94. The van der Waals surface area contributed by atoms with Crippen molar-refractivity contribution in [1.82, 2.24) is 5.32 Å². The second-order valence-electron chi connectivity index (χ2n) is 8.16. The zero-order valence-electron chi connectivity index (χ0n) is 19.7. The fourth-order valence-corrected chi connectivity index (χ4v) is 5.54. The number of sulfonamides is 1. The van der Waals surface area contributed by atoms with Crippen molar-refractivity contribution in [2.24, 2.45) is 0 Å². The molecule has 0 aliphatic heterocycles. The molecule has 0 aliphatic carbocycles. The average molecular weight is 610 g/mol. The summed E-state index contributed by atoms with van der Waals surface area (Å²) in [4.78, 5) is 13.1. The molecule has 38 heavy (non-hydrogen) atoms. The molecule has 196 valence electrons. The molecule has 6 nitrogen and oxygen atoms in total. The van der Waals surface area contributed by atoms with E-state index in [0.717, 1.165) is 0 Å². The van der Waals surface area contributed by atoms with E-state index in [1.807, 2.05) is 0 Å². The summed E-state index contributed by atoms with van der Waals surface area (Å²) in [5.41, 5.74) is 0.738. The number of carbonyl (C=O) groups is 1. The van der Waals surface area contributed by atoms with Gasteiger partial charge in [-0.05, 0) is 79.2 Å². The molecule has 4 rings (SSSR count). The van der Waals surface area contributed by atoms with Crippen LogP contribution in [0.25, 0.3) is 0 Å². The summed E-state index contributed by atoms with van der Waals surface area (Å²) in [5, 5.41) is 4.35. The van der Waals surface area contributed by atoms with Crippen LogP contribution in [0.4, 0.5) is 5.69 Å². The zero-order chi connectivity index (χ0) is 27.4. The van der Waals surface area contributed by atoms with Gasteiger partial charge in [-0.25, -0.2) is 8.42 Å². The second-order valence-corrected chi connectivity index (χ2v) is 11.5. The molecule has 0 radical (unpaired) electrons. The van der Waals surface area contributed by atoms with Crippen molar-refractivity contribution in [1.29, 1.82) is 0 Å². The van der Waals surface area contributed by atoms with Crippen LogP contribution in [-0.2, 0) is 10.0 Å². The molecule has 4 aromatic carbocycles. The van der Waals surface area contributed by atoms with E-state index in [9.17, 15) is 13.2 Å². The van der Waals surface area contributed by atoms with Gasteiger partial charge in [-0.1, -0.05) is 64.6 Å². The van der Waals surface area contributed by atoms with Gasteiger partial charge < -0.3 is 10.1 Å². The summed E-state index contributed by atoms with van der Waals surface area (Å²) < 4.78 is 34.5. The van der Waals surface area contributed by atoms with E-state index in [1.54, 1.807) is 49.4 Å². The molecule has 0 aliphatic rings. The molecule has 1 amide bonds. The Bertz CT molecular complexity index is 1600. The van der Waals surface area contributed by atoms with Crippen molar-refractivity contribution in [2.45, 2.75) is 17.9 Å². The van der Waals surface area contributed by atoms with Gasteiger partial charge >= 0.3 is 0 Å². The van der Waals surface area contributed by atoms with Crippen LogP contribution in [0.1, 0.15) is 28.9 Å². The molecular formula is C27H20Cl4N2O4S. The van der Waals surface area contributed by atoms with E-state index in [4.69, 9.17) is 51.1 Å². The van der Waals surface area contributed by atoms with Gasteiger partial charge in [0.2, 0.25) is 0 Å². The van der Waals surface area contributed by atoms with Crippen molar-refractivity contribution in [3.8, 4) is 11.5 Å². The highest BCUT2D eigenvalue weighted by Crippen LogP contribution is 2.31. The highest BCUT2D eigenvalue weighted by atomic mass is 35.5. The highest BCUT2D eigenvalue weighted by Gasteiger charge is 2.21. The lowest BCUT2D eigenvalue weighted by molar-refractivity contribution is 0.0941. The molecule has 2 N–H and O–H groups in total. The number of nitrogens with one attached hydrogen (secondary N) is 2. The average Bonchev–Trinajstić information content (AvgIpc) is 2.86. The third-order valence-corrected chi connectivity index (χ3v) is 7.94. The normalized spacial score (nSPS) is 12.0. The maximum Gasteiger partial charge on any atom is 0.261 e. The third kappa shape index (κ3) is 6.73. The Balaban J connectivity index is 1.53. The lowest BCUT2D eigenvalue weighted by Gasteiger charge is -2.18. The monoisotopic (exact) mass is 608 g/mol. The van der Waals surface area contributed by atoms with Crippen LogP contribution in [0.2, 0.25) is 20.1 Å². The molecule has 0 saturated carbocycles. The fourth-order valence-electron chi connectivity index (χ4n) is 3.54. The molecule has 0 saturated heterocycles. The number of rotatable bonds is 8. The molecule has 0 heterocycles. The van der Waals surface area contributed by atoms with Crippen LogP contribution in [0, 0.1) is 0 Å². The lowest BCUT2D eigenvalue weighted by atomic mass is 10.1. The SMILES string of the molecule is C[C@H](NC(=O)c1cc(Cl)ccc1NS(=O)(=O)c1ccc(Oc2ccccc2Cl)cc1)c1ccc(Cl)cc1Cl. The van der Waals surface area contributed by atoms with Crippen LogP contribution in [-0.4, -0.2) is 14.3 Å². The summed E-state index contributed by atoms with van der Waals surface area (Å²) in [5.74, 6) is 0.291. The van der Waals surface area contributed by atoms with Crippen LogP contribution < -0.4 is 14.8 Å². The first-order valence-electron chi connectivity index (χ1n) is 11.1. The summed E-state index contributed by atoms with van der Waals surface area (Å²) >= 11 is 24.5. The van der Waals surface area contributed by atoms with Gasteiger partial charge in [-0.15, -0.1) is 0 Å². The number of hydrogen-bond acceptors (Lipinski definition) is 4. The minimum atomic E-state index is -4.06. The second kappa shape index (κ2) is 11.8. The molecule has 0 fully saturated rings. The number of benzene rings is 4. The number of halogens is 4. The smallest absolute Gasteiger partial charge is 0.261 e. The Morgan fingerprint density at radius 1 is 0.816 bits per heavy atom. The molecule has 0 spiro atoms. The van der Waals surface area contributed by atoms with E-state index in [0.29, 0.717) is 32.1 Å². The summed E-state index contributed by atoms with van der Waals surface area (Å²) in [7, 11) is -4.06. The maximum atomic E-state index is 13.1. The van der Waals surface area contributed by atoms with E-state index in [-0.39, 0.29) is 21.2 Å². The van der Waals surface area contributed by atoms with Crippen LogP contribution in [0.3, 0.4) is 0 Å². The van der Waals surface area contributed by atoms with Gasteiger partial charge in [0, 0.05) is 15.1 Å². The predicted molar refractivity (Wildman–Crippen MR) is 153 cm³/mol. The lowest BCUT2D eigenvalue weighted by Crippen LogP contribution is -2.28. The van der Waals surface area contributed by atoms with E-state index in [2.05, 4.69) is 10.0 Å². The molecule has 4 aromatic rings. The molecular weight excluding hydrogens is 590 g/mol. The minimum absolute atomic E-state index is 0.0355. The predicted octanol–water partition coefficient (Wildman–Crippen LogP) is 8.38. The van der Waals surface area contributed by atoms with E-state index < -0.39 is 22.0 Å². The van der Waals surface area contributed by atoms with Gasteiger partial charge in [-0.2, -0.15) is 0 Å². The Morgan fingerprint density at radius 3 is 2.16 bits per heavy atom. The molecule has 1 atom stereocenters. The van der Waals surface area contributed by atoms with Gasteiger partial charge in [0.25, 0.3) is 15.9 Å². The Morgan fingerprint density at radius 2 is 1.47 bits per heavy atom. The topological polar surface area (TPSA) is 84.5 Å². The van der Waals surface area contributed by atoms with Crippen LogP contribution in [0.5, 0.6) is 11.5 Å². The molecule has 0 aromatic heterocycles. The van der Waals surface area contributed by atoms with Crippen LogP contribution >= 0.6 is 46.4 Å². The highest BCUT2D eigenvalue weighted by molar-refractivity contribution is 7.92. The first-order valence-corrected chi connectivity index (χ1v) is 14.1. The van der Waals surface area contributed by atoms with E-state index >= 15 is 0 Å².